The monoisotopic (exact) mass is 256 g/mol. The second-order valence-electron chi connectivity index (χ2n) is 4.96. The van der Waals surface area contributed by atoms with Crippen LogP contribution in [0.15, 0.2) is 0 Å². The van der Waals surface area contributed by atoms with Crippen molar-refractivity contribution in [1.82, 2.24) is 0 Å². The number of rotatable bonds is 5. The van der Waals surface area contributed by atoms with Crippen molar-refractivity contribution in [3.63, 3.8) is 0 Å². The maximum absolute atomic E-state index is 12.0. The standard InChI is InChI=1S/C13H20O5/c1-13(6-4-3-5-7-13)10(14)8-11(15)18-9-12(16)17-2/h3-9H2,1-2H3. The quantitative estimate of drug-likeness (QED) is 0.552. The van der Waals surface area contributed by atoms with Crippen LogP contribution in [0, 0.1) is 5.41 Å². The third kappa shape index (κ3) is 4.13. The molecular formula is C13H20O5. The highest BCUT2D eigenvalue weighted by Gasteiger charge is 2.35. The first kappa shape index (κ1) is 14.7. The van der Waals surface area contributed by atoms with Crippen LogP contribution in [0.25, 0.3) is 0 Å². The lowest BCUT2D eigenvalue weighted by Crippen LogP contribution is -2.32. The van der Waals surface area contributed by atoms with Crippen molar-refractivity contribution in [3.8, 4) is 0 Å². The Hall–Kier alpha value is -1.39. The number of methoxy groups -OCH3 is 1. The van der Waals surface area contributed by atoms with Crippen molar-refractivity contribution < 1.29 is 23.9 Å². The summed E-state index contributed by atoms with van der Waals surface area (Å²) in [7, 11) is 1.21. The third-order valence-corrected chi connectivity index (χ3v) is 3.51. The molecule has 0 bridgehead atoms. The molecular weight excluding hydrogens is 236 g/mol. The zero-order valence-corrected chi connectivity index (χ0v) is 11.0. The van der Waals surface area contributed by atoms with Crippen LogP contribution in [0.5, 0.6) is 0 Å². The van der Waals surface area contributed by atoms with E-state index in [0.717, 1.165) is 32.1 Å². The van der Waals surface area contributed by atoms with Crippen molar-refractivity contribution >= 4 is 17.7 Å². The molecule has 1 aliphatic carbocycles. The summed E-state index contributed by atoms with van der Waals surface area (Å²) in [6, 6.07) is 0. The number of hydrogen-bond donors (Lipinski definition) is 0. The highest BCUT2D eigenvalue weighted by Crippen LogP contribution is 2.37. The van der Waals surface area contributed by atoms with Crippen LogP contribution in [-0.4, -0.2) is 31.4 Å². The van der Waals surface area contributed by atoms with Gasteiger partial charge >= 0.3 is 11.9 Å². The molecule has 0 amide bonds. The molecule has 0 aromatic carbocycles. The fourth-order valence-corrected chi connectivity index (χ4v) is 2.20. The number of ketones is 1. The Morgan fingerprint density at radius 3 is 2.22 bits per heavy atom. The minimum Gasteiger partial charge on any atom is -0.466 e. The largest absolute Gasteiger partial charge is 0.466 e. The lowest BCUT2D eigenvalue weighted by Gasteiger charge is -2.31. The molecule has 0 radical (unpaired) electrons. The third-order valence-electron chi connectivity index (χ3n) is 3.51. The lowest BCUT2D eigenvalue weighted by atomic mass is 9.72. The minimum absolute atomic E-state index is 0.0861. The summed E-state index contributed by atoms with van der Waals surface area (Å²) >= 11 is 0. The molecule has 5 nitrogen and oxygen atoms in total. The number of Topliss-reactive ketones (excluding diaryl/α,β-unsaturated/α-hetero) is 1. The molecule has 0 saturated heterocycles. The van der Waals surface area contributed by atoms with Crippen LogP contribution >= 0.6 is 0 Å². The van der Waals surface area contributed by atoms with E-state index in [1.54, 1.807) is 0 Å². The van der Waals surface area contributed by atoms with Gasteiger partial charge in [0, 0.05) is 5.41 Å². The first-order chi connectivity index (χ1) is 8.48. The smallest absolute Gasteiger partial charge is 0.344 e. The van der Waals surface area contributed by atoms with Crippen LogP contribution in [0.1, 0.15) is 45.4 Å². The molecule has 1 fully saturated rings. The van der Waals surface area contributed by atoms with E-state index in [-0.39, 0.29) is 12.2 Å². The van der Waals surface area contributed by atoms with E-state index in [1.807, 2.05) is 6.92 Å². The molecule has 0 heterocycles. The van der Waals surface area contributed by atoms with Gasteiger partial charge in [-0.2, -0.15) is 0 Å². The maximum atomic E-state index is 12.0. The molecule has 0 aromatic heterocycles. The Balaban J connectivity index is 2.39. The van der Waals surface area contributed by atoms with Crippen LogP contribution < -0.4 is 0 Å². The second-order valence-corrected chi connectivity index (χ2v) is 4.96. The molecule has 5 heteroatoms. The highest BCUT2D eigenvalue weighted by molar-refractivity contribution is 5.99. The summed E-state index contributed by atoms with van der Waals surface area (Å²) in [6.07, 6.45) is 4.61. The van der Waals surface area contributed by atoms with Crippen molar-refractivity contribution in [1.29, 1.82) is 0 Å². The first-order valence-electron chi connectivity index (χ1n) is 6.24. The highest BCUT2D eigenvalue weighted by atomic mass is 16.6. The maximum Gasteiger partial charge on any atom is 0.344 e. The Labute approximate surface area is 107 Å². The molecule has 1 rings (SSSR count). The van der Waals surface area contributed by atoms with Crippen molar-refractivity contribution in [2.75, 3.05) is 13.7 Å². The fraction of sp³-hybridized carbons (Fsp3) is 0.769. The number of ether oxygens (including phenoxy) is 2. The second kappa shape index (κ2) is 6.52. The normalized spacial score (nSPS) is 17.9. The lowest BCUT2D eigenvalue weighted by molar-refractivity contribution is -0.158. The van der Waals surface area contributed by atoms with Crippen LogP contribution in [0.2, 0.25) is 0 Å². The number of carbonyl (C=O) groups is 3. The summed E-state index contributed by atoms with van der Waals surface area (Å²) in [4.78, 5) is 34.2. The van der Waals surface area contributed by atoms with Gasteiger partial charge in [0.1, 0.15) is 12.2 Å². The molecule has 0 atom stereocenters. The average molecular weight is 256 g/mol. The van der Waals surface area contributed by atoms with Gasteiger partial charge in [-0.1, -0.05) is 26.2 Å². The van der Waals surface area contributed by atoms with Gasteiger partial charge < -0.3 is 9.47 Å². The van der Waals surface area contributed by atoms with Crippen molar-refractivity contribution in [3.05, 3.63) is 0 Å². The molecule has 18 heavy (non-hydrogen) atoms. The molecule has 1 aliphatic rings. The molecule has 0 aliphatic heterocycles. The van der Waals surface area contributed by atoms with E-state index in [1.165, 1.54) is 7.11 Å². The summed E-state index contributed by atoms with van der Waals surface area (Å²) in [5.41, 5.74) is -0.400. The average Bonchev–Trinajstić information content (AvgIpc) is 2.36. The minimum atomic E-state index is -0.655. The van der Waals surface area contributed by atoms with Crippen LogP contribution in [0.3, 0.4) is 0 Å². The van der Waals surface area contributed by atoms with E-state index < -0.39 is 24.0 Å². The van der Waals surface area contributed by atoms with Gasteiger partial charge in [-0.15, -0.1) is 0 Å². The number of esters is 2. The molecule has 102 valence electrons. The molecule has 1 saturated carbocycles. The Morgan fingerprint density at radius 2 is 1.67 bits per heavy atom. The van der Waals surface area contributed by atoms with E-state index in [9.17, 15) is 14.4 Å². The van der Waals surface area contributed by atoms with Gasteiger partial charge in [0.05, 0.1) is 7.11 Å². The van der Waals surface area contributed by atoms with E-state index in [2.05, 4.69) is 9.47 Å². The van der Waals surface area contributed by atoms with Gasteiger partial charge in [0.15, 0.2) is 6.61 Å². The predicted molar refractivity (Wildman–Crippen MR) is 63.8 cm³/mol. The van der Waals surface area contributed by atoms with Crippen LogP contribution in [-0.2, 0) is 23.9 Å². The van der Waals surface area contributed by atoms with Crippen LogP contribution in [0.4, 0.5) is 0 Å². The van der Waals surface area contributed by atoms with Gasteiger partial charge in [0.2, 0.25) is 0 Å². The molecule has 0 N–H and O–H groups in total. The number of carbonyl (C=O) groups excluding carboxylic acids is 3. The van der Waals surface area contributed by atoms with Gasteiger partial charge in [-0.05, 0) is 12.8 Å². The van der Waals surface area contributed by atoms with E-state index in [0.29, 0.717) is 0 Å². The summed E-state index contributed by atoms with van der Waals surface area (Å²) in [5.74, 6) is -1.37. The van der Waals surface area contributed by atoms with Gasteiger partial charge in [-0.25, -0.2) is 4.79 Å². The zero-order valence-electron chi connectivity index (χ0n) is 11.0. The first-order valence-corrected chi connectivity index (χ1v) is 6.24. The molecule has 0 spiro atoms. The van der Waals surface area contributed by atoms with Crippen molar-refractivity contribution in [2.24, 2.45) is 5.41 Å². The topological polar surface area (TPSA) is 69.7 Å². The Morgan fingerprint density at radius 1 is 1.06 bits per heavy atom. The van der Waals surface area contributed by atoms with E-state index in [4.69, 9.17) is 0 Å². The van der Waals surface area contributed by atoms with E-state index >= 15 is 0 Å². The van der Waals surface area contributed by atoms with Gasteiger partial charge in [-0.3, -0.25) is 9.59 Å². The van der Waals surface area contributed by atoms with Crippen molar-refractivity contribution in [2.45, 2.75) is 45.4 Å². The predicted octanol–water partition coefficient (Wildman–Crippen LogP) is 1.63. The molecule has 0 unspecified atom stereocenters. The Kier molecular flexibility index (Phi) is 5.31. The number of hydrogen-bond acceptors (Lipinski definition) is 5. The molecule has 0 aromatic rings. The Bertz CT molecular complexity index is 328. The summed E-state index contributed by atoms with van der Waals surface area (Å²) < 4.78 is 9.01. The summed E-state index contributed by atoms with van der Waals surface area (Å²) in [5, 5.41) is 0. The van der Waals surface area contributed by atoms with Gasteiger partial charge in [0.25, 0.3) is 0 Å². The summed E-state index contributed by atoms with van der Waals surface area (Å²) in [6.45, 7) is 1.47. The SMILES string of the molecule is COC(=O)COC(=O)CC(=O)C1(C)CCCCC1. The fourth-order valence-electron chi connectivity index (χ4n) is 2.20. The zero-order chi connectivity index (χ0) is 13.6.